The highest BCUT2D eigenvalue weighted by atomic mass is 127. The Hall–Kier alpha value is -0.960. The summed E-state index contributed by atoms with van der Waals surface area (Å²) in [4.78, 5) is 4.26. The van der Waals surface area contributed by atoms with Crippen LogP contribution in [0.25, 0.3) is 0 Å². The Balaban J connectivity index is 0.00000225. The van der Waals surface area contributed by atoms with Crippen LogP contribution < -0.4 is 10.6 Å². The molecule has 4 nitrogen and oxygen atoms in total. The Bertz CT molecular complexity index is 639. The molecule has 1 aromatic rings. The van der Waals surface area contributed by atoms with E-state index in [1.807, 2.05) is 0 Å². The van der Waals surface area contributed by atoms with Crippen molar-refractivity contribution >= 4 is 29.9 Å². The number of hydrogen-bond acceptors (Lipinski definition) is 2. The van der Waals surface area contributed by atoms with E-state index in [1.54, 1.807) is 7.05 Å². The number of guanidine groups is 1. The lowest BCUT2D eigenvalue weighted by Crippen LogP contribution is -2.68. The fraction of sp³-hybridized carbons (Fsp3) is 0.611. The Labute approximate surface area is 164 Å². The molecule has 25 heavy (non-hydrogen) atoms. The van der Waals surface area contributed by atoms with Crippen molar-refractivity contribution in [1.29, 1.82) is 0 Å². The molecular formula is C18H26F2IN3O. The van der Waals surface area contributed by atoms with Gasteiger partial charge in [-0.15, -0.1) is 24.0 Å². The molecule has 2 aliphatic rings. The van der Waals surface area contributed by atoms with Crippen LogP contribution in [0.5, 0.6) is 0 Å². The largest absolute Gasteiger partial charge is 0.377 e. The number of halogens is 3. The van der Waals surface area contributed by atoms with Crippen molar-refractivity contribution in [3.05, 3.63) is 35.4 Å². The topological polar surface area (TPSA) is 45.7 Å². The van der Waals surface area contributed by atoms with E-state index in [0.29, 0.717) is 42.6 Å². The van der Waals surface area contributed by atoms with Gasteiger partial charge in [0.05, 0.1) is 6.10 Å². The van der Waals surface area contributed by atoms with Gasteiger partial charge in [0, 0.05) is 43.6 Å². The summed E-state index contributed by atoms with van der Waals surface area (Å²) < 4.78 is 32.4. The molecular weight excluding hydrogens is 439 g/mol. The number of nitrogens with one attached hydrogen (secondary N) is 2. The second kappa shape index (κ2) is 8.16. The van der Waals surface area contributed by atoms with Gasteiger partial charge in [-0.1, -0.05) is 19.9 Å². The van der Waals surface area contributed by atoms with Crippen LogP contribution in [0.2, 0.25) is 0 Å². The standard InChI is InChI=1S/C18H25F2N3O.HI/c1-18(2)15(13-7-9-24-16(13)18)23-17(21-3)22-8-6-11-4-5-12(19)10-14(11)20;/h4-5,10,13,15-16H,6-9H2,1-3H3,(H2,21,22,23);1H. The van der Waals surface area contributed by atoms with Crippen LogP contribution in [-0.4, -0.2) is 38.3 Å². The van der Waals surface area contributed by atoms with Crippen LogP contribution in [0.15, 0.2) is 23.2 Å². The van der Waals surface area contributed by atoms with E-state index in [2.05, 4.69) is 29.5 Å². The predicted octanol–water partition coefficient (Wildman–Crippen LogP) is 3.10. The summed E-state index contributed by atoms with van der Waals surface area (Å²) in [5, 5.41) is 6.69. The van der Waals surface area contributed by atoms with E-state index in [9.17, 15) is 8.78 Å². The fourth-order valence-corrected chi connectivity index (χ4v) is 4.00. The zero-order valence-electron chi connectivity index (χ0n) is 14.8. The van der Waals surface area contributed by atoms with Crippen LogP contribution in [0.1, 0.15) is 25.8 Å². The van der Waals surface area contributed by atoms with Crippen molar-refractivity contribution in [1.82, 2.24) is 10.6 Å². The third-order valence-electron chi connectivity index (χ3n) is 5.32. The van der Waals surface area contributed by atoms with Crippen LogP contribution in [0.4, 0.5) is 8.78 Å². The molecule has 2 N–H and O–H groups in total. The van der Waals surface area contributed by atoms with Crippen LogP contribution in [0.3, 0.4) is 0 Å². The molecule has 0 spiro atoms. The number of rotatable bonds is 4. The van der Waals surface area contributed by atoms with Crippen molar-refractivity contribution in [2.45, 2.75) is 38.8 Å². The molecule has 140 valence electrons. The maximum Gasteiger partial charge on any atom is 0.191 e. The molecule has 1 aliphatic heterocycles. The molecule has 0 bridgehead atoms. The summed E-state index contributed by atoms with van der Waals surface area (Å²) in [6.45, 7) is 5.77. The van der Waals surface area contributed by atoms with Gasteiger partial charge in [-0.05, 0) is 24.5 Å². The molecule has 1 aliphatic carbocycles. The average Bonchev–Trinajstić information content (AvgIpc) is 2.99. The quantitative estimate of drug-likeness (QED) is 0.408. The molecule has 1 aromatic carbocycles. The first-order valence-corrected chi connectivity index (χ1v) is 8.46. The number of hydrogen-bond donors (Lipinski definition) is 2. The summed E-state index contributed by atoms with van der Waals surface area (Å²) >= 11 is 0. The minimum atomic E-state index is -0.553. The van der Waals surface area contributed by atoms with E-state index in [1.165, 1.54) is 12.1 Å². The molecule has 1 saturated carbocycles. The van der Waals surface area contributed by atoms with Crippen molar-refractivity contribution in [3.63, 3.8) is 0 Å². The molecule has 0 amide bonds. The first-order valence-electron chi connectivity index (χ1n) is 8.46. The minimum absolute atomic E-state index is 0. The summed E-state index contributed by atoms with van der Waals surface area (Å²) in [5.41, 5.74) is 0.564. The van der Waals surface area contributed by atoms with Crippen molar-refractivity contribution in [3.8, 4) is 0 Å². The summed E-state index contributed by atoms with van der Waals surface area (Å²) in [5.74, 6) is 0.169. The minimum Gasteiger partial charge on any atom is -0.377 e. The zero-order chi connectivity index (χ0) is 17.3. The van der Waals surface area contributed by atoms with E-state index in [0.717, 1.165) is 19.1 Å². The van der Waals surface area contributed by atoms with Gasteiger partial charge in [0.25, 0.3) is 0 Å². The van der Waals surface area contributed by atoms with E-state index in [-0.39, 0.29) is 29.4 Å². The molecule has 0 radical (unpaired) electrons. The van der Waals surface area contributed by atoms with Crippen LogP contribution >= 0.6 is 24.0 Å². The second-order valence-electron chi connectivity index (χ2n) is 7.17. The lowest BCUT2D eigenvalue weighted by Gasteiger charge is -2.54. The first kappa shape index (κ1) is 20.4. The number of fused-ring (bicyclic) bond motifs is 1. The third-order valence-corrected chi connectivity index (χ3v) is 5.32. The number of benzene rings is 1. The third kappa shape index (κ3) is 4.07. The lowest BCUT2D eigenvalue weighted by atomic mass is 9.57. The molecule has 1 saturated heterocycles. The number of aliphatic imine (C=N–C) groups is 1. The van der Waals surface area contributed by atoms with Gasteiger partial charge >= 0.3 is 0 Å². The van der Waals surface area contributed by atoms with Gasteiger partial charge in [-0.25, -0.2) is 8.78 Å². The molecule has 3 unspecified atom stereocenters. The normalized spacial score (nSPS) is 27.1. The van der Waals surface area contributed by atoms with E-state index in [4.69, 9.17) is 4.74 Å². The number of ether oxygens (including phenoxy) is 1. The Kier molecular flexibility index (Phi) is 6.64. The van der Waals surface area contributed by atoms with Crippen molar-refractivity contribution in [2.75, 3.05) is 20.2 Å². The Morgan fingerprint density at radius 2 is 2.12 bits per heavy atom. The molecule has 3 atom stereocenters. The fourth-order valence-electron chi connectivity index (χ4n) is 4.00. The van der Waals surface area contributed by atoms with Crippen molar-refractivity contribution < 1.29 is 13.5 Å². The highest BCUT2D eigenvalue weighted by Gasteiger charge is 2.59. The van der Waals surface area contributed by atoms with Crippen molar-refractivity contribution in [2.24, 2.45) is 16.3 Å². The van der Waals surface area contributed by atoms with Gasteiger partial charge in [0.2, 0.25) is 0 Å². The summed E-state index contributed by atoms with van der Waals surface area (Å²) in [6.07, 6.45) is 1.86. The molecule has 7 heteroatoms. The van der Waals surface area contributed by atoms with Gasteiger partial charge < -0.3 is 15.4 Å². The zero-order valence-corrected chi connectivity index (χ0v) is 17.1. The van der Waals surface area contributed by atoms with Gasteiger partial charge in [-0.3, -0.25) is 4.99 Å². The van der Waals surface area contributed by atoms with Crippen LogP contribution in [-0.2, 0) is 11.2 Å². The Morgan fingerprint density at radius 3 is 2.80 bits per heavy atom. The maximum atomic E-state index is 13.7. The second-order valence-corrected chi connectivity index (χ2v) is 7.17. The smallest absolute Gasteiger partial charge is 0.191 e. The molecule has 3 rings (SSSR count). The monoisotopic (exact) mass is 465 g/mol. The summed E-state index contributed by atoms with van der Waals surface area (Å²) in [7, 11) is 1.72. The average molecular weight is 465 g/mol. The summed E-state index contributed by atoms with van der Waals surface area (Å²) in [6, 6.07) is 4.00. The van der Waals surface area contributed by atoms with Gasteiger partial charge in [-0.2, -0.15) is 0 Å². The SMILES string of the molecule is CN=C(NCCc1ccc(F)cc1F)NC1C2CCOC2C1(C)C.I. The predicted molar refractivity (Wildman–Crippen MR) is 105 cm³/mol. The lowest BCUT2D eigenvalue weighted by molar-refractivity contribution is -0.106. The van der Waals surface area contributed by atoms with E-state index < -0.39 is 11.6 Å². The van der Waals surface area contributed by atoms with E-state index >= 15 is 0 Å². The highest BCUT2D eigenvalue weighted by Crippen LogP contribution is 2.52. The highest BCUT2D eigenvalue weighted by molar-refractivity contribution is 14.0. The number of nitrogens with zero attached hydrogens (tertiary/aromatic N) is 1. The Morgan fingerprint density at radius 1 is 1.36 bits per heavy atom. The van der Waals surface area contributed by atoms with Crippen LogP contribution in [0, 0.1) is 23.0 Å². The molecule has 1 heterocycles. The maximum absolute atomic E-state index is 13.7. The van der Waals surface area contributed by atoms with Gasteiger partial charge in [0.15, 0.2) is 5.96 Å². The molecule has 2 fully saturated rings. The van der Waals surface area contributed by atoms with Gasteiger partial charge in [0.1, 0.15) is 11.6 Å². The molecule has 0 aromatic heterocycles. The first-order chi connectivity index (χ1) is 11.4.